The van der Waals surface area contributed by atoms with Gasteiger partial charge in [-0.1, -0.05) is 0 Å². The first-order valence-corrected chi connectivity index (χ1v) is 5.63. The van der Waals surface area contributed by atoms with E-state index in [4.69, 9.17) is 14.2 Å². The lowest BCUT2D eigenvalue weighted by Crippen LogP contribution is -1.97. The summed E-state index contributed by atoms with van der Waals surface area (Å²) in [6.45, 7) is 3.00. The predicted octanol–water partition coefficient (Wildman–Crippen LogP) is 2.41. The smallest absolute Gasteiger partial charge is 0.131 e. The molecule has 0 atom stereocenters. The molecular weight excluding hydrogens is 232 g/mol. The molecule has 0 N–H and O–H groups in total. The number of hydrogen-bond acceptors (Lipinski definition) is 5. The maximum absolute atomic E-state index is 5.31. The summed E-state index contributed by atoms with van der Waals surface area (Å²) >= 11 is 0. The molecule has 0 amide bonds. The minimum atomic E-state index is 0.403. The van der Waals surface area contributed by atoms with Gasteiger partial charge in [-0.3, -0.25) is 0 Å². The fourth-order valence-electron chi connectivity index (χ4n) is 1.47. The normalized spacial score (nSPS) is 9.33. The van der Waals surface area contributed by atoms with Crippen molar-refractivity contribution in [2.75, 3.05) is 27.9 Å². The molecule has 0 heterocycles. The molecule has 0 aromatic heterocycles. The van der Waals surface area contributed by atoms with Crippen molar-refractivity contribution < 1.29 is 14.2 Å². The summed E-state index contributed by atoms with van der Waals surface area (Å²) < 4.78 is 15.8. The first kappa shape index (κ1) is 14.1. The Balaban J connectivity index is 3.10. The van der Waals surface area contributed by atoms with Gasteiger partial charge >= 0.3 is 0 Å². The quantitative estimate of drug-likeness (QED) is 0.728. The second-order valence-electron chi connectivity index (χ2n) is 3.40. The topological polar surface area (TPSA) is 52.4 Å². The zero-order valence-corrected chi connectivity index (χ0v) is 11.2. The number of benzene rings is 1. The molecule has 0 aliphatic heterocycles. The Kier molecular flexibility index (Phi) is 5.74. The highest BCUT2D eigenvalue weighted by Gasteiger charge is 2.12. The van der Waals surface area contributed by atoms with Gasteiger partial charge in [-0.15, -0.1) is 0 Å². The highest BCUT2D eigenvalue weighted by atomic mass is 16.5. The van der Waals surface area contributed by atoms with Crippen LogP contribution in [0.5, 0.6) is 17.2 Å². The van der Waals surface area contributed by atoms with Crippen molar-refractivity contribution in [3.8, 4) is 17.2 Å². The summed E-state index contributed by atoms with van der Waals surface area (Å²) in [5, 5.41) is 0. The lowest BCUT2D eigenvalue weighted by Gasteiger charge is -2.13. The van der Waals surface area contributed by atoms with Crippen molar-refractivity contribution in [2.24, 2.45) is 9.98 Å². The van der Waals surface area contributed by atoms with Crippen LogP contribution < -0.4 is 14.2 Å². The molecule has 0 aliphatic carbocycles. The summed E-state index contributed by atoms with van der Waals surface area (Å²) in [6, 6.07) is 6.21. The van der Waals surface area contributed by atoms with Gasteiger partial charge in [0.25, 0.3) is 0 Å². The number of hydrogen-bond donors (Lipinski definition) is 0. The summed E-state index contributed by atoms with van der Waals surface area (Å²) in [5.74, 6) is 2.03. The van der Waals surface area contributed by atoms with Gasteiger partial charge in [0, 0.05) is 18.7 Å². The zero-order chi connectivity index (χ0) is 13.4. The van der Waals surface area contributed by atoms with E-state index in [0.717, 1.165) is 5.56 Å². The average molecular weight is 250 g/mol. The van der Waals surface area contributed by atoms with Crippen molar-refractivity contribution in [1.82, 2.24) is 0 Å². The molecule has 0 bridgehead atoms. The van der Waals surface area contributed by atoms with Crippen LogP contribution in [0.4, 0.5) is 0 Å². The summed E-state index contributed by atoms with van der Waals surface area (Å²) in [7, 11) is 4.79. The third-order valence-electron chi connectivity index (χ3n) is 2.35. The van der Waals surface area contributed by atoms with Crippen LogP contribution in [-0.4, -0.2) is 33.9 Å². The average Bonchev–Trinajstić information content (AvgIpc) is 2.42. The molecule has 0 fully saturated rings. The molecule has 0 aliphatic rings. The van der Waals surface area contributed by atoms with Crippen molar-refractivity contribution >= 4 is 6.01 Å². The monoisotopic (exact) mass is 250 g/mol. The van der Waals surface area contributed by atoms with Gasteiger partial charge in [0.2, 0.25) is 0 Å². The van der Waals surface area contributed by atoms with Crippen LogP contribution in [0.2, 0.25) is 0 Å². The largest absolute Gasteiger partial charge is 0.496 e. The Morgan fingerprint density at radius 3 is 2.06 bits per heavy atom. The SMILES string of the molecule is CCN=C=NCc1c(OC)cc(OC)cc1OC. The van der Waals surface area contributed by atoms with Crippen LogP contribution in [-0.2, 0) is 6.54 Å². The van der Waals surface area contributed by atoms with E-state index in [1.165, 1.54) is 0 Å². The lowest BCUT2D eigenvalue weighted by atomic mass is 10.1. The minimum absolute atomic E-state index is 0.403. The maximum atomic E-state index is 5.31. The van der Waals surface area contributed by atoms with Crippen LogP contribution in [0, 0.1) is 0 Å². The zero-order valence-electron chi connectivity index (χ0n) is 11.2. The number of aliphatic imine (C=N–C) groups is 2. The fourth-order valence-corrected chi connectivity index (χ4v) is 1.47. The van der Waals surface area contributed by atoms with Gasteiger partial charge in [0.05, 0.1) is 39.4 Å². The predicted molar refractivity (Wildman–Crippen MR) is 70.2 cm³/mol. The number of ether oxygens (including phenoxy) is 3. The van der Waals surface area contributed by atoms with Crippen LogP contribution in [0.1, 0.15) is 12.5 Å². The van der Waals surface area contributed by atoms with Gasteiger partial charge in [0.1, 0.15) is 17.2 Å². The van der Waals surface area contributed by atoms with E-state index >= 15 is 0 Å². The highest BCUT2D eigenvalue weighted by Crippen LogP contribution is 2.34. The van der Waals surface area contributed by atoms with Crippen LogP contribution in [0.15, 0.2) is 22.1 Å². The molecule has 1 aromatic rings. The first-order valence-electron chi connectivity index (χ1n) is 5.63. The van der Waals surface area contributed by atoms with Gasteiger partial charge in [0.15, 0.2) is 0 Å². The Bertz CT molecular complexity index is 427. The molecule has 5 nitrogen and oxygen atoms in total. The van der Waals surface area contributed by atoms with Gasteiger partial charge < -0.3 is 14.2 Å². The summed E-state index contributed by atoms with van der Waals surface area (Å²) in [6.07, 6.45) is 0. The van der Waals surface area contributed by atoms with E-state index in [1.54, 1.807) is 33.5 Å². The molecule has 0 radical (unpaired) electrons. The molecule has 0 saturated heterocycles. The Morgan fingerprint density at radius 2 is 1.61 bits per heavy atom. The van der Waals surface area contributed by atoms with Crippen molar-refractivity contribution in [3.05, 3.63) is 17.7 Å². The number of nitrogens with zero attached hydrogens (tertiary/aromatic N) is 2. The molecule has 18 heavy (non-hydrogen) atoms. The lowest BCUT2D eigenvalue weighted by molar-refractivity contribution is 0.369. The van der Waals surface area contributed by atoms with E-state index in [0.29, 0.717) is 30.3 Å². The van der Waals surface area contributed by atoms with Crippen molar-refractivity contribution in [3.63, 3.8) is 0 Å². The second kappa shape index (κ2) is 7.35. The first-order chi connectivity index (χ1) is 8.76. The molecule has 98 valence electrons. The van der Waals surface area contributed by atoms with E-state index in [9.17, 15) is 0 Å². The fraction of sp³-hybridized carbons (Fsp3) is 0.462. The van der Waals surface area contributed by atoms with Crippen LogP contribution >= 0.6 is 0 Å². The molecule has 1 aromatic carbocycles. The summed E-state index contributed by atoms with van der Waals surface area (Å²) in [5.41, 5.74) is 0.847. The third-order valence-corrected chi connectivity index (χ3v) is 2.35. The minimum Gasteiger partial charge on any atom is -0.496 e. The van der Waals surface area contributed by atoms with Gasteiger partial charge in [-0.25, -0.2) is 9.98 Å². The van der Waals surface area contributed by atoms with Crippen LogP contribution in [0.3, 0.4) is 0 Å². The molecular formula is C13H18N2O3. The number of rotatable bonds is 6. The van der Waals surface area contributed by atoms with Gasteiger partial charge in [-0.05, 0) is 6.92 Å². The van der Waals surface area contributed by atoms with E-state index in [1.807, 2.05) is 6.92 Å². The van der Waals surface area contributed by atoms with Gasteiger partial charge in [-0.2, -0.15) is 0 Å². The van der Waals surface area contributed by atoms with Crippen molar-refractivity contribution in [2.45, 2.75) is 13.5 Å². The Hall–Kier alpha value is -2.00. The van der Waals surface area contributed by atoms with Crippen molar-refractivity contribution in [1.29, 1.82) is 0 Å². The second-order valence-corrected chi connectivity index (χ2v) is 3.40. The standard InChI is InChI=1S/C13H18N2O3/c1-5-14-9-15-8-11-12(17-3)6-10(16-2)7-13(11)18-4/h6-7H,5,8H2,1-4H3. The summed E-state index contributed by atoms with van der Waals surface area (Å²) in [4.78, 5) is 8.00. The van der Waals surface area contributed by atoms with E-state index in [2.05, 4.69) is 16.0 Å². The molecule has 0 unspecified atom stereocenters. The van der Waals surface area contributed by atoms with Crippen LogP contribution in [0.25, 0.3) is 0 Å². The maximum Gasteiger partial charge on any atom is 0.131 e. The Morgan fingerprint density at radius 1 is 1.00 bits per heavy atom. The highest BCUT2D eigenvalue weighted by molar-refractivity contribution is 5.51. The Labute approximate surface area is 107 Å². The molecule has 1 rings (SSSR count). The molecule has 0 spiro atoms. The molecule has 5 heteroatoms. The third kappa shape index (κ3) is 3.50. The number of methoxy groups -OCH3 is 3. The van der Waals surface area contributed by atoms with E-state index in [-0.39, 0.29) is 0 Å². The molecule has 0 saturated carbocycles. The van der Waals surface area contributed by atoms with E-state index < -0.39 is 0 Å².